The number of hydrogen-bond acceptors (Lipinski definition) is 5. The summed E-state index contributed by atoms with van der Waals surface area (Å²) in [5.41, 5.74) is -0.599. The van der Waals surface area contributed by atoms with Gasteiger partial charge in [0.15, 0.2) is 0 Å². The number of ether oxygens (including phenoxy) is 1. The van der Waals surface area contributed by atoms with Crippen LogP contribution in [0.4, 0.5) is 9.80 Å². The van der Waals surface area contributed by atoms with E-state index in [2.05, 4.69) is 9.69 Å². The number of aromatic carboxylic acids is 1. The van der Waals surface area contributed by atoms with E-state index in [4.69, 9.17) is 4.74 Å². The zero-order chi connectivity index (χ0) is 15.7. The minimum atomic E-state index is -1.12. The van der Waals surface area contributed by atoms with E-state index in [-0.39, 0.29) is 10.6 Å². The van der Waals surface area contributed by atoms with Crippen LogP contribution in [-0.2, 0) is 10.2 Å². The fourth-order valence-electron chi connectivity index (χ4n) is 1.48. The molecule has 1 amide bonds. The summed E-state index contributed by atoms with van der Waals surface area (Å²) in [6, 6.07) is 0. The van der Waals surface area contributed by atoms with Gasteiger partial charge in [-0.1, -0.05) is 20.8 Å². The first-order valence-corrected chi connectivity index (χ1v) is 6.92. The quantitative estimate of drug-likeness (QED) is 0.872. The average molecular weight is 300 g/mol. The molecule has 0 radical (unpaired) electrons. The second-order valence-electron chi connectivity index (χ2n) is 6.42. The van der Waals surface area contributed by atoms with Gasteiger partial charge in [-0.25, -0.2) is 9.59 Å². The van der Waals surface area contributed by atoms with Gasteiger partial charge in [0.2, 0.25) is 0 Å². The van der Waals surface area contributed by atoms with Gasteiger partial charge in [0.05, 0.1) is 5.69 Å². The highest BCUT2D eigenvalue weighted by molar-refractivity contribution is 7.11. The molecule has 6 nitrogen and oxygen atoms in total. The Kier molecular flexibility index (Phi) is 4.43. The van der Waals surface area contributed by atoms with Gasteiger partial charge in [-0.05, 0) is 32.3 Å². The third kappa shape index (κ3) is 4.19. The molecule has 2 N–H and O–H groups in total. The van der Waals surface area contributed by atoms with Crippen molar-refractivity contribution in [1.82, 2.24) is 4.37 Å². The average Bonchev–Trinajstić information content (AvgIpc) is 2.57. The summed E-state index contributed by atoms with van der Waals surface area (Å²) in [7, 11) is 0. The molecule has 112 valence electrons. The van der Waals surface area contributed by atoms with E-state index >= 15 is 0 Å². The minimum absolute atomic E-state index is 0.0216. The number of carboxylic acids is 1. The van der Waals surface area contributed by atoms with E-state index in [0.29, 0.717) is 5.69 Å². The van der Waals surface area contributed by atoms with Crippen molar-refractivity contribution < 1.29 is 19.4 Å². The Bertz CT molecular complexity index is 523. The van der Waals surface area contributed by atoms with Crippen LogP contribution in [0.3, 0.4) is 0 Å². The number of nitrogens with zero attached hydrogens (tertiary/aromatic N) is 1. The molecule has 0 saturated heterocycles. The van der Waals surface area contributed by atoms with Crippen LogP contribution in [0.15, 0.2) is 0 Å². The maximum atomic E-state index is 11.7. The van der Waals surface area contributed by atoms with Crippen LogP contribution >= 0.6 is 11.5 Å². The number of rotatable bonds is 2. The highest BCUT2D eigenvalue weighted by atomic mass is 32.1. The number of nitrogens with one attached hydrogen (secondary N) is 1. The second-order valence-corrected chi connectivity index (χ2v) is 7.19. The molecular weight excluding hydrogens is 280 g/mol. The summed E-state index contributed by atoms with van der Waals surface area (Å²) in [6.45, 7) is 10.8. The lowest BCUT2D eigenvalue weighted by molar-refractivity contribution is 0.0636. The Morgan fingerprint density at radius 2 is 1.75 bits per heavy atom. The first-order valence-electron chi connectivity index (χ1n) is 6.15. The van der Waals surface area contributed by atoms with Gasteiger partial charge in [0.25, 0.3) is 0 Å². The van der Waals surface area contributed by atoms with Gasteiger partial charge in [-0.2, -0.15) is 4.37 Å². The van der Waals surface area contributed by atoms with Crippen LogP contribution in [0.25, 0.3) is 0 Å². The van der Waals surface area contributed by atoms with Crippen molar-refractivity contribution in [3.63, 3.8) is 0 Å². The molecule has 0 aliphatic heterocycles. The number of aromatic nitrogens is 1. The van der Waals surface area contributed by atoms with Gasteiger partial charge < -0.3 is 9.84 Å². The molecule has 0 aliphatic carbocycles. The SMILES string of the molecule is CC(C)(C)OC(=O)Nc1snc(C(C)(C)C)c1C(=O)O. The van der Waals surface area contributed by atoms with Crippen LogP contribution in [0.5, 0.6) is 0 Å². The van der Waals surface area contributed by atoms with E-state index < -0.39 is 23.1 Å². The van der Waals surface area contributed by atoms with Crippen LogP contribution in [-0.4, -0.2) is 27.1 Å². The van der Waals surface area contributed by atoms with Crippen LogP contribution in [0.2, 0.25) is 0 Å². The number of hydrogen-bond donors (Lipinski definition) is 2. The fourth-order valence-corrected chi connectivity index (χ4v) is 2.43. The minimum Gasteiger partial charge on any atom is -0.478 e. The highest BCUT2D eigenvalue weighted by Crippen LogP contribution is 2.33. The number of carbonyl (C=O) groups excluding carboxylic acids is 1. The zero-order valence-corrected chi connectivity index (χ0v) is 13.3. The molecule has 20 heavy (non-hydrogen) atoms. The largest absolute Gasteiger partial charge is 0.478 e. The summed E-state index contributed by atoms with van der Waals surface area (Å²) in [5.74, 6) is -1.12. The lowest BCUT2D eigenvalue weighted by Gasteiger charge is -2.19. The van der Waals surface area contributed by atoms with Gasteiger partial charge in [-0.15, -0.1) is 0 Å². The third-order valence-corrected chi connectivity index (χ3v) is 2.99. The standard InChI is InChI=1S/C13H20N2O4S/c1-12(2,3)8-7(10(16)17)9(20-15-8)14-11(18)19-13(4,5)6/h1-6H3,(H,14,18)(H,16,17). The Morgan fingerprint density at radius 1 is 1.20 bits per heavy atom. The van der Waals surface area contributed by atoms with Gasteiger partial charge >= 0.3 is 12.1 Å². The van der Waals surface area contributed by atoms with Crippen molar-refractivity contribution in [3.8, 4) is 0 Å². The second kappa shape index (κ2) is 5.40. The molecule has 0 aliphatic rings. The topological polar surface area (TPSA) is 88.5 Å². The molecular formula is C13H20N2O4S. The Balaban J connectivity index is 3.06. The van der Waals surface area contributed by atoms with Crippen molar-refractivity contribution in [2.24, 2.45) is 0 Å². The van der Waals surface area contributed by atoms with Crippen molar-refractivity contribution in [2.45, 2.75) is 52.6 Å². The van der Waals surface area contributed by atoms with Crippen LogP contribution < -0.4 is 5.32 Å². The maximum Gasteiger partial charge on any atom is 0.412 e. The summed E-state index contributed by atoms with van der Waals surface area (Å²) in [5, 5.41) is 12.0. The predicted molar refractivity (Wildman–Crippen MR) is 77.6 cm³/mol. The number of anilines is 1. The van der Waals surface area contributed by atoms with Gasteiger partial charge in [-0.3, -0.25) is 5.32 Å². The molecule has 1 aromatic heterocycles. The molecule has 1 rings (SSSR count). The normalized spacial score (nSPS) is 12.1. The number of carboxylic acid groups (broad SMARTS) is 1. The van der Waals surface area contributed by atoms with Crippen molar-refractivity contribution >= 4 is 28.6 Å². The predicted octanol–water partition coefficient (Wildman–Crippen LogP) is 3.49. The maximum absolute atomic E-state index is 11.7. The van der Waals surface area contributed by atoms with Crippen LogP contribution in [0.1, 0.15) is 57.6 Å². The Morgan fingerprint density at radius 3 is 2.15 bits per heavy atom. The van der Waals surface area contributed by atoms with E-state index in [1.54, 1.807) is 20.8 Å². The molecule has 7 heteroatoms. The van der Waals surface area contributed by atoms with E-state index in [9.17, 15) is 14.7 Å². The molecule has 0 spiro atoms. The molecule has 0 saturated carbocycles. The first-order chi connectivity index (χ1) is 8.92. The first kappa shape index (κ1) is 16.4. The molecule has 1 aromatic rings. The highest BCUT2D eigenvalue weighted by Gasteiger charge is 2.30. The van der Waals surface area contributed by atoms with E-state index in [1.807, 2.05) is 20.8 Å². The lowest BCUT2D eigenvalue weighted by Crippen LogP contribution is -2.27. The molecule has 0 unspecified atom stereocenters. The van der Waals surface area contributed by atoms with Gasteiger partial charge in [0.1, 0.15) is 16.2 Å². The Labute approximate surface area is 122 Å². The van der Waals surface area contributed by atoms with Crippen molar-refractivity contribution in [1.29, 1.82) is 0 Å². The smallest absolute Gasteiger partial charge is 0.412 e. The van der Waals surface area contributed by atoms with Crippen molar-refractivity contribution in [3.05, 3.63) is 11.3 Å². The van der Waals surface area contributed by atoms with Gasteiger partial charge in [0, 0.05) is 5.41 Å². The number of amides is 1. The van der Waals surface area contributed by atoms with E-state index in [0.717, 1.165) is 11.5 Å². The molecule has 0 atom stereocenters. The summed E-state index contributed by atoms with van der Waals surface area (Å²) in [6.07, 6.45) is -0.691. The summed E-state index contributed by atoms with van der Waals surface area (Å²) in [4.78, 5) is 23.1. The number of carbonyl (C=O) groups is 2. The molecule has 0 fully saturated rings. The molecule has 1 heterocycles. The summed E-state index contributed by atoms with van der Waals surface area (Å²) >= 11 is 0.943. The summed E-state index contributed by atoms with van der Waals surface area (Å²) < 4.78 is 9.26. The molecule has 0 aromatic carbocycles. The van der Waals surface area contributed by atoms with Crippen LogP contribution in [0, 0.1) is 0 Å². The Hall–Kier alpha value is -1.63. The monoisotopic (exact) mass is 300 g/mol. The lowest BCUT2D eigenvalue weighted by atomic mass is 9.89. The fraction of sp³-hybridized carbons (Fsp3) is 0.615. The molecule has 0 bridgehead atoms. The van der Waals surface area contributed by atoms with Crippen molar-refractivity contribution in [2.75, 3.05) is 5.32 Å². The zero-order valence-electron chi connectivity index (χ0n) is 12.5. The van der Waals surface area contributed by atoms with E-state index in [1.165, 1.54) is 0 Å². The third-order valence-electron chi connectivity index (χ3n) is 2.23.